The summed E-state index contributed by atoms with van der Waals surface area (Å²) in [5.41, 5.74) is 1.67. The largest absolute Gasteiger partial charge is 0.344 e. The van der Waals surface area contributed by atoms with E-state index in [1.165, 1.54) is 5.31 Å². The van der Waals surface area contributed by atoms with Crippen LogP contribution in [0, 0.1) is 0 Å². The van der Waals surface area contributed by atoms with Crippen molar-refractivity contribution in [2.45, 2.75) is 6.92 Å². The number of nitrogens with zero attached hydrogens (tertiary/aromatic N) is 1. The molecular formula is C14H14N2. The number of nitrogens with one attached hydrogen (secondary N) is 1. The summed E-state index contributed by atoms with van der Waals surface area (Å²) in [5, 5.41) is 1.33. The molecule has 2 rings (SSSR count). The van der Waals surface area contributed by atoms with Gasteiger partial charge in [0.05, 0.1) is 5.69 Å². The van der Waals surface area contributed by atoms with Crippen LogP contribution in [0.25, 0.3) is 0 Å². The van der Waals surface area contributed by atoms with Gasteiger partial charge in [-0.25, -0.2) is 4.99 Å². The highest BCUT2D eigenvalue weighted by atomic mass is 15.0. The van der Waals surface area contributed by atoms with E-state index in [9.17, 15) is 0 Å². The van der Waals surface area contributed by atoms with Crippen LogP contribution in [0.1, 0.15) is 6.92 Å². The van der Waals surface area contributed by atoms with Crippen molar-refractivity contribution in [3.63, 3.8) is 0 Å². The van der Waals surface area contributed by atoms with E-state index in [1.807, 2.05) is 67.6 Å². The minimum atomic E-state index is 0.641. The van der Waals surface area contributed by atoms with Gasteiger partial charge in [0.25, 0.3) is 0 Å². The second kappa shape index (κ2) is 5.12. The van der Waals surface area contributed by atoms with E-state index in [0.29, 0.717) is 5.84 Å². The predicted molar refractivity (Wildman–Crippen MR) is 69.3 cm³/mol. The summed E-state index contributed by atoms with van der Waals surface area (Å²) in [6.07, 6.45) is 0. The van der Waals surface area contributed by atoms with Gasteiger partial charge in [-0.05, 0) is 31.2 Å². The zero-order valence-corrected chi connectivity index (χ0v) is 9.17. The highest BCUT2D eigenvalue weighted by Crippen LogP contribution is 2.11. The third-order valence-electron chi connectivity index (χ3n) is 2.09. The van der Waals surface area contributed by atoms with Crippen LogP contribution in [0.15, 0.2) is 65.7 Å². The molecule has 0 unspecified atom stereocenters. The summed E-state index contributed by atoms with van der Waals surface area (Å²) < 4.78 is 7.97. The van der Waals surface area contributed by atoms with Gasteiger partial charge in [-0.15, -0.1) is 0 Å². The monoisotopic (exact) mass is 211 g/mol. The molecule has 0 aliphatic carbocycles. The number of rotatable bonds is 2. The Labute approximate surface area is 97.1 Å². The van der Waals surface area contributed by atoms with E-state index in [-0.39, 0.29) is 0 Å². The molecule has 0 aliphatic heterocycles. The maximum atomic E-state index is 7.97. The van der Waals surface area contributed by atoms with Crippen molar-refractivity contribution in [2.75, 3.05) is 5.31 Å². The van der Waals surface area contributed by atoms with Gasteiger partial charge >= 0.3 is 0 Å². The fraction of sp³-hybridized carbons (Fsp3) is 0.0714. The number of hydrogen-bond donors (Lipinski definition) is 1. The zero-order chi connectivity index (χ0) is 12.1. The Morgan fingerprint density at radius 3 is 2.19 bits per heavy atom. The van der Waals surface area contributed by atoms with Crippen LogP contribution >= 0.6 is 0 Å². The number of amidine groups is 1. The van der Waals surface area contributed by atoms with Crippen molar-refractivity contribution in [1.82, 2.24) is 0 Å². The molecule has 2 nitrogen and oxygen atoms in total. The molecule has 0 atom stereocenters. The average molecular weight is 211 g/mol. The quantitative estimate of drug-likeness (QED) is 0.592. The smallest absolute Gasteiger partial charge is 0.168 e. The first-order chi connectivity index (χ1) is 8.27. The Morgan fingerprint density at radius 2 is 1.56 bits per heavy atom. The molecule has 80 valence electrons. The van der Waals surface area contributed by atoms with Gasteiger partial charge in [0.1, 0.15) is 5.84 Å². The van der Waals surface area contributed by atoms with Gasteiger partial charge in [0.15, 0.2) is 1.41 Å². The van der Waals surface area contributed by atoms with Crippen LogP contribution in [-0.4, -0.2) is 5.84 Å². The number of benzene rings is 2. The minimum Gasteiger partial charge on any atom is -0.344 e. The summed E-state index contributed by atoms with van der Waals surface area (Å²) >= 11 is 0. The lowest BCUT2D eigenvalue weighted by atomic mass is 10.3. The molecule has 0 saturated heterocycles. The molecular weight excluding hydrogens is 196 g/mol. The lowest BCUT2D eigenvalue weighted by Crippen LogP contribution is -2.06. The Bertz CT molecular complexity index is 494. The van der Waals surface area contributed by atoms with Gasteiger partial charge in [0, 0.05) is 5.69 Å². The fourth-order valence-corrected chi connectivity index (χ4v) is 1.40. The first-order valence-corrected chi connectivity index (χ1v) is 5.22. The Hall–Kier alpha value is -2.09. The summed E-state index contributed by atoms with van der Waals surface area (Å²) in [6.45, 7) is 1.83. The molecule has 2 heteroatoms. The van der Waals surface area contributed by atoms with Crippen LogP contribution < -0.4 is 5.31 Å². The third-order valence-corrected chi connectivity index (χ3v) is 2.09. The molecule has 1 N–H and O–H groups in total. The average Bonchev–Trinajstić information content (AvgIpc) is 2.40. The van der Waals surface area contributed by atoms with Crippen molar-refractivity contribution >= 4 is 17.2 Å². The van der Waals surface area contributed by atoms with Gasteiger partial charge in [-0.1, -0.05) is 36.4 Å². The van der Waals surface area contributed by atoms with Gasteiger partial charge < -0.3 is 5.31 Å². The molecule has 0 fully saturated rings. The molecule has 0 bridgehead atoms. The third kappa shape index (κ3) is 2.95. The number of para-hydroxylation sites is 2. The van der Waals surface area contributed by atoms with Crippen LogP contribution in [0.4, 0.5) is 11.4 Å². The molecule has 0 heterocycles. The number of aliphatic imine (C=N–C) groups is 1. The topological polar surface area (TPSA) is 24.4 Å². The Morgan fingerprint density at radius 1 is 1.00 bits per heavy atom. The highest BCUT2D eigenvalue weighted by Gasteiger charge is 1.93. The van der Waals surface area contributed by atoms with Crippen LogP contribution in [0.3, 0.4) is 0 Å². The molecule has 2 aromatic rings. The SMILES string of the molecule is [2H]N(C(C)=Nc1ccccc1)c1ccccc1. The summed E-state index contributed by atoms with van der Waals surface area (Å²) in [5.74, 6) is 0.641. The van der Waals surface area contributed by atoms with Gasteiger partial charge in [-0.2, -0.15) is 0 Å². The first kappa shape index (κ1) is 9.16. The number of anilines is 1. The van der Waals surface area contributed by atoms with Crippen LogP contribution in [0.5, 0.6) is 0 Å². The van der Waals surface area contributed by atoms with E-state index in [2.05, 4.69) is 4.99 Å². The standard InChI is InChI=1S/C14H14N2/c1-12(15-13-8-4-2-5-9-13)16-14-10-6-3-7-11-14/h2-11H,1H3,(H,15,16)/i/hD. The molecule has 2 aromatic carbocycles. The first-order valence-electron chi connectivity index (χ1n) is 5.66. The summed E-state index contributed by atoms with van der Waals surface area (Å²) in [4.78, 5) is 4.39. The zero-order valence-electron chi connectivity index (χ0n) is 10.2. The van der Waals surface area contributed by atoms with E-state index >= 15 is 0 Å². The predicted octanol–water partition coefficient (Wildman–Crippen LogP) is 3.85. The van der Waals surface area contributed by atoms with E-state index in [0.717, 1.165) is 11.4 Å². The fourth-order valence-electron chi connectivity index (χ4n) is 1.40. The molecule has 0 saturated carbocycles. The molecule has 0 amide bonds. The molecule has 0 aromatic heterocycles. The maximum Gasteiger partial charge on any atom is 0.168 e. The van der Waals surface area contributed by atoms with Crippen molar-refractivity contribution in [3.8, 4) is 0 Å². The van der Waals surface area contributed by atoms with Gasteiger partial charge in [0.2, 0.25) is 0 Å². The highest BCUT2D eigenvalue weighted by molar-refractivity contribution is 5.95. The van der Waals surface area contributed by atoms with Crippen molar-refractivity contribution in [2.24, 2.45) is 4.99 Å². The Kier molecular flexibility index (Phi) is 2.93. The summed E-state index contributed by atoms with van der Waals surface area (Å²) in [6, 6.07) is 19.2. The molecule has 0 aliphatic rings. The second-order valence-electron chi connectivity index (χ2n) is 3.44. The van der Waals surface area contributed by atoms with E-state index < -0.39 is 0 Å². The minimum absolute atomic E-state index is 0.641. The Balaban J connectivity index is 2.21. The molecule has 16 heavy (non-hydrogen) atoms. The van der Waals surface area contributed by atoms with E-state index in [4.69, 9.17) is 1.41 Å². The molecule has 0 spiro atoms. The number of hydrogen-bond acceptors (Lipinski definition) is 1. The maximum absolute atomic E-state index is 7.97. The normalized spacial score (nSPS) is 12.1. The van der Waals surface area contributed by atoms with Gasteiger partial charge in [-0.3, -0.25) is 0 Å². The van der Waals surface area contributed by atoms with Crippen molar-refractivity contribution in [1.29, 1.82) is 0 Å². The second-order valence-corrected chi connectivity index (χ2v) is 3.44. The van der Waals surface area contributed by atoms with Crippen LogP contribution in [0.2, 0.25) is 1.41 Å². The van der Waals surface area contributed by atoms with E-state index in [1.54, 1.807) is 0 Å². The van der Waals surface area contributed by atoms with Crippen molar-refractivity contribution in [3.05, 3.63) is 60.7 Å². The van der Waals surface area contributed by atoms with Crippen molar-refractivity contribution < 1.29 is 1.41 Å². The lowest BCUT2D eigenvalue weighted by molar-refractivity contribution is 1.46. The molecule has 0 radical (unpaired) electrons. The lowest BCUT2D eigenvalue weighted by Gasteiger charge is -2.04. The summed E-state index contributed by atoms with van der Waals surface area (Å²) in [7, 11) is 0. The van der Waals surface area contributed by atoms with Crippen LogP contribution in [-0.2, 0) is 0 Å².